The van der Waals surface area contributed by atoms with Crippen LogP contribution < -0.4 is 10.1 Å². The van der Waals surface area contributed by atoms with Crippen molar-refractivity contribution in [3.05, 3.63) is 29.8 Å². The minimum atomic E-state index is -1.59. The van der Waals surface area contributed by atoms with Gasteiger partial charge in [0.2, 0.25) is 5.91 Å². The van der Waals surface area contributed by atoms with Crippen LogP contribution in [-0.4, -0.2) is 41.8 Å². The number of methoxy groups -OCH3 is 1. The number of aliphatic hydroxyl groups excluding tert-OH is 1. The number of amides is 1. The quantitative estimate of drug-likeness (QED) is 0.652. The molecule has 1 rings (SSSR count). The topological polar surface area (TPSA) is 95.9 Å². The van der Waals surface area contributed by atoms with Crippen molar-refractivity contribution >= 4 is 11.9 Å². The number of carbonyl (C=O) groups is 2. The van der Waals surface area contributed by atoms with Gasteiger partial charge in [0.05, 0.1) is 20.1 Å². The molecule has 1 aromatic rings. The van der Waals surface area contributed by atoms with Gasteiger partial charge in [-0.15, -0.1) is 0 Å². The Balaban J connectivity index is 2.52. The van der Waals surface area contributed by atoms with Crippen molar-refractivity contribution in [3.63, 3.8) is 0 Å². The Kier molecular flexibility index (Phi) is 5.13. The molecule has 0 radical (unpaired) electrons. The lowest BCUT2D eigenvalue weighted by Gasteiger charge is -2.10. The van der Waals surface area contributed by atoms with Crippen LogP contribution in [0.15, 0.2) is 24.3 Å². The van der Waals surface area contributed by atoms with Gasteiger partial charge in [0.1, 0.15) is 5.75 Å². The maximum atomic E-state index is 11.5. The van der Waals surface area contributed by atoms with Gasteiger partial charge in [0.25, 0.3) is 0 Å². The summed E-state index contributed by atoms with van der Waals surface area (Å²) < 4.78 is 5.09. The molecule has 0 spiro atoms. The number of carbonyl (C=O) groups excluding carboxylic acids is 1. The number of carboxylic acid groups (broad SMARTS) is 1. The lowest BCUT2D eigenvalue weighted by Crippen LogP contribution is -2.37. The number of rotatable bonds is 6. The molecule has 0 saturated heterocycles. The number of aliphatic hydroxyl groups is 1. The number of hydrogen-bond acceptors (Lipinski definition) is 4. The molecule has 18 heavy (non-hydrogen) atoms. The molecular formula is C12H15NO5. The molecule has 1 amide bonds. The van der Waals surface area contributed by atoms with E-state index in [9.17, 15) is 9.59 Å². The van der Waals surface area contributed by atoms with Gasteiger partial charge in [-0.1, -0.05) is 18.2 Å². The fraction of sp³-hybridized carbons (Fsp3) is 0.333. The van der Waals surface area contributed by atoms with Crippen LogP contribution in [0, 0.1) is 0 Å². The maximum absolute atomic E-state index is 11.5. The third kappa shape index (κ3) is 4.06. The van der Waals surface area contributed by atoms with Crippen molar-refractivity contribution in [2.24, 2.45) is 0 Å². The van der Waals surface area contributed by atoms with Crippen molar-refractivity contribution < 1.29 is 24.5 Å². The fourth-order valence-corrected chi connectivity index (χ4v) is 1.38. The molecule has 0 aliphatic heterocycles. The molecule has 0 saturated carbocycles. The van der Waals surface area contributed by atoms with Gasteiger partial charge >= 0.3 is 5.97 Å². The van der Waals surface area contributed by atoms with Gasteiger partial charge in [0.15, 0.2) is 6.10 Å². The zero-order chi connectivity index (χ0) is 13.5. The predicted octanol–water partition coefficient (Wildman–Crippen LogP) is -0.201. The first-order valence-electron chi connectivity index (χ1n) is 5.34. The normalized spacial score (nSPS) is 11.7. The summed E-state index contributed by atoms with van der Waals surface area (Å²) >= 11 is 0. The number of benzene rings is 1. The van der Waals surface area contributed by atoms with Gasteiger partial charge in [0, 0.05) is 5.56 Å². The molecular weight excluding hydrogens is 238 g/mol. The molecule has 0 heterocycles. The highest BCUT2D eigenvalue weighted by atomic mass is 16.5. The molecule has 0 fully saturated rings. The molecule has 0 bridgehead atoms. The molecule has 0 aliphatic carbocycles. The number of hydrogen-bond donors (Lipinski definition) is 3. The average Bonchev–Trinajstić information content (AvgIpc) is 2.36. The standard InChI is InChI=1S/C12H15NO5/c1-18-10-5-3-2-4-8(10)6-11(15)13-7-9(14)12(16)17/h2-5,9,14H,6-7H2,1H3,(H,13,15)(H,16,17). The average molecular weight is 253 g/mol. The number of nitrogens with one attached hydrogen (secondary N) is 1. The Morgan fingerprint density at radius 2 is 2.06 bits per heavy atom. The minimum absolute atomic E-state index is 0.0658. The van der Waals surface area contributed by atoms with Crippen LogP contribution in [0.1, 0.15) is 5.56 Å². The van der Waals surface area contributed by atoms with E-state index in [0.29, 0.717) is 11.3 Å². The van der Waals surface area contributed by atoms with E-state index in [0.717, 1.165) is 0 Å². The smallest absolute Gasteiger partial charge is 0.334 e. The Labute approximate surface area is 104 Å². The number of ether oxygens (including phenoxy) is 1. The van der Waals surface area contributed by atoms with Crippen LogP contribution in [-0.2, 0) is 16.0 Å². The van der Waals surface area contributed by atoms with Crippen molar-refractivity contribution in [1.29, 1.82) is 0 Å². The van der Waals surface area contributed by atoms with Gasteiger partial charge < -0.3 is 20.3 Å². The van der Waals surface area contributed by atoms with Crippen molar-refractivity contribution in [2.45, 2.75) is 12.5 Å². The predicted molar refractivity (Wildman–Crippen MR) is 63.4 cm³/mol. The van der Waals surface area contributed by atoms with Gasteiger partial charge in [-0.05, 0) is 6.07 Å². The SMILES string of the molecule is COc1ccccc1CC(=O)NCC(O)C(=O)O. The van der Waals surface area contributed by atoms with Crippen molar-refractivity contribution in [1.82, 2.24) is 5.32 Å². The van der Waals surface area contributed by atoms with Crippen LogP contribution in [0.3, 0.4) is 0 Å². The largest absolute Gasteiger partial charge is 0.496 e. The summed E-state index contributed by atoms with van der Waals surface area (Å²) in [5.41, 5.74) is 0.697. The highest BCUT2D eigenvalue weighted by Gasteiger charge is 2.14. The lowest BCUT2D eigenvalue weighted by atomic mass is 10.1. The summed E-state index contributed by atoms with van der Waals surface area (Å²) in [5, 5.41) is 19.8. The maximum Gasteiger partial charge on any atom is 0.334 e. The summed E-state index contributed by atoms with van der Waals surface area (Å²) in [4.78, 5) is 21.9. The Hall–Kier alpha value is -2.08. The first-order chi connectivity index (χ1) is 8.54. The molecule has 6 heteroatoms. The third-order valence-corrected chi connectivity index (χ3v) is 2.32. The lowest BCUT2D eigenvalue weighted by molar-refractivity contribution is -0.146. The first kappa shape index (κ1) is 14.0. The van der Waals surface area contributed by atoms with E-state index in [1.165, 1.54) is 7.11 Å². The van der Waals surface area contributed by atoms with Crippen molar-refractivity contribution in [3.8, 4) is 5.75 Å². The van der Waals surface area contributed by atoms with E-state index in [1.54, 1.807) is 24.3 Å². The van der Waals surface area contributed by atoms with Crippen LogP contribution in [0.5, 0.6) is 5.75 Å². The molecule has 1 unspecified atom stereocenters. The summed E-state index contributed by atoms with van der Waals surface area (Å²) in [5.74, 6) is -1.15. The van der Waals surface area contributed by atoms with Crippen LogP contribution in [0.4, 0.5) is 0 Å². The monoisotopic (exact) mass is 253 g/mol. The molecule has 0 aromatic heterocycles. The van der Waals surface area contributed by atoms with E-state index >= 15 is 0 Å². The zero-order valence-corrected chi connectivity index (χ0v) is 9.92. The van der Waals surface area contributed by atoms with E-state index in [4.69, 9.17) is 14.9 Å². The van der Waals surface area contributed by atoms with Crippen molar-refractivity contribution in [2.75, 3.05) is 13.7 Å². The Morgan fingerprint density at radius 3 is 2.67 bits per heavy atom. The van der Waals surface area contributed by atoms with Gasteiger partial charge in [-0.3, -0.25) is 4.79 Å². The Morgan fingerprint density at radius 1 is 1.39 bits per heavy atom. The second-order valence-electron chi connectivity index (χ2n) is 3.65. The summed E-state index contributed by atoms with van der Waals surface area (Å²) in [6.45, 7) is -0.316. The third-order valence-electron chi connectivity index (χ3n) is 2.32. The molecule has 1 aromatic carbocycles. The molecule has 0 aliphatic rings. The number of aliphatic carboxylic acids is 1. The van der Waals surface area contributed by atoms with Crippen LogP contribution >= 0.6 is 0 Å². The summed E-state index contributed by atoms with van der Waals surface area (Å²) in [6, 6.07) is 7.03. The van der Waals surface area contributed by atoms with E-state index < -0.39 is 12.1 Å². The van der Waals surface area contributed by atoms with E-state index in [-0.39, 0.29) is 18.9 Å². The number of carboxylic acids is 1. The summed E-state index contributed by atoms with van der Waals surface area (Å²) in [7, 11) is 1.50. The van der Waals surface area contributed by atoms with Gasteiger partial charge in [-0.25, -0.2) is 4.79 Å². The number of para-hydroxylation sites is 1. The highest BCUT2D eigenvalue weighted by molar-refractivity contribution is 5.80. The van der Waals surface area contributed by atoms with Gasteiger partial charge in [-0.2, -0.15) is 0 Å². The van der Waals surface area contributed by atoms with E-state index in [2.05, 4.69) is 5.32 Å². The second kappa shape index (κ2) is 6.61. The minimum Gasteiger partial charge on any atom is -0.496 e. The van der Waals surface area contributed by atoms with Crippen LogP contribution in [0.2, 0.25) is 0 Å². The molecule has 98 valence electrons. The van der Waals surface area contributed by atoms with E-state index in [1.807, 2.05) is 0 Å². The second-order valence-corrected chi connectivity index (χ2v) is 3.65. The highest BCUT2D eigenvalue weighted by Crippen LogP contribution is 2.17. The molecule has 6 nitrogen and oxygen atoms in total. The summed E-state index contributed by atoms with van der Waals surface area (Å²) in [6.07, 6.45) is -1.53. The molecule has 3 N–H and O–H groups in total. The fourth-order valence-electron chi connectivity index (χ4n) is 1.38. The van der Waals surface area contributed by atoms with Crippen LogP contribution in [0.25, 0.3) is 0 Å². The molecule has 1 atom stereocenters. The Bertz CT molecular complexity index is 432. The zero-order valence-electron chi connectivity index (χ0n) is 9.92. The first-order valence-corrected chi connectivity index (χ1v) is 5.34.